The van der Waals surface area contributed by atoms with Crippen molar-refractivity contribution in [2.24, 2.45) is 5.92 Å². The van der Waals surface area contributed by atoms with Gasteiger partial charge in [0.25, 0.3) is 0 Å². The van der Waals surface area contributed by atoms with Gasteiger partial charge < -0.3 is 9.64 Å². The van der Waals surface area contributed by atoms with Crippen LogP contribution in [0.2, 0.25) is 0 Å². The van der Waals surface area contributed by atoms with Gasteiger partial charge in [0.1, 0.15) is 5.75 Å². The van der Waals surface area contributed by atoms with Crippen LogP contribution in [0.5, 0.6) is 5.75 Å². The van der Waals surface area contributed by atoms with Gasteiger partial charge in [-0.2, -0.15) is 5.10 Å². The summed E-state index contributed by atoms with van der Waals surface area (Å²) in [4.78, 5) is 15.1. The lowest BCUT2D eigenvalue weighted by atomic mass is 10.0. The largest absolute Gasteiger partial charge is 0.497 e. The van der Waals surface area contributed by atoms with Crippen molar-refractivity contribution in [2.45, 2.75) is 66.0 Å². The summed E-state index contributed by atoms with van der Waals surface area (Å²) in [6.45, 7) is 10.4. The maximum Gasteiger partial charge on any atom is 0.223 e. The van der Waals surface area contributed by atoms with Gasteiger partial charge in [-0.3, -0.25) is 9.48 Å². The van der Waals surface area contributed by atoms with E-state index in [0.717, 1.165) is 43.8 Å². The van der Waals surface area contributed by atoms with Crippen LogP contribution in [0.15, 0.2) is 24.3 Å². The average molecular weight is 384 g/mol. The van der Waals surface area contributed by atoms with Crippen LogP contribution in [0.4, 0.5) is 0 Å². The zero-order valence-corrected chi connectivity index (χ0v) is 17.9. The number of rotatable bonds is 7. The Balaban J connectivity index is 1.66. The standard InChI is InChI=1S/C23H33N3O2/c1-16(2)15-26-18(4)21(17(3)24-26)12-13-23(27)25-14-6-7-22(25)19-8-10-20(28-5)11-9-19/h8-11,16,22H,6-7,12-15H2,1-5H3. The van der Waals surface area contributed by atoms with Crippen LogP contribution in [-0.4, -0.2) is 34.2 Å². The molecule has 0 spiro atoms. The minimum Gasteiger partial charge on any atom is -0.497 e. The molecule has 0 N–H and O–H groups in total. The highest BCUT2D eigenvalue weighted by Crippen LogP contribution is 2.33. The molecule has 1 aliphatic rings. The number of aromatic nitrogens is 2. The van der Waals surface area contributed by atoms with Crippen LogP contribution in [0, 0.1) is 19.8 Å². The molecule has 1 saturated heterocycles. The monoisotopic (exact) mass is 383 g/mol. The Bertz CT molecular complexity index is 808. The van der Waals surface area contributed by atoms with Crippen LogP contribution in [-0.2, 0) is 17.8 Å². The van der Waals surface area contributed by atoms with Crippen molar-refractivity contribution < 1.29 is 9.53 Å². The average Bonchev–Trinajstić information content (AvgIpc) is 3.25. The maximum atomic E-state index is 13.0. The fourth-order valence-electron chi connectivity index (χ4n) is 4.23. The van der Waals surface area contributed by atoms with E-state index in [1.807, 2.05) is 12.1 Å². The molecule has 1 fully saturated rings. The first-order valence-electron chi connectivity index (χ1n) is 10.4. The number of benzene rings is 1. The van der Waals surface area contributed by atoms with Crippen LogP contribution in [0.25, 0.3) is 0 Å². The van der Waals surface area contributed by atoms with Crippen molar-refractivity contribution in [1.29, 1.82) is 0 Å². The molecule has 3 rings (SSSR count). The molecule has 1 aliphatic heterocycles. The molecule has 1 atom stereocenters. The van der Waals surface area contributed by atoms with E-state index in [0.29, 0.717) is 12.3 Å². The molecule has 1 aromatic heterocycles. The van der Waals surface area contributed by atoms with Gasteiger partial charge >= 0.3 is 0 Å². The van der Waals surface area contributed by atoms with Gasteiger partial charge in [-0.1, -0.05) is 26.0 Å². The fraction of sp³-hybridized carbons (Fsp3) is 0.565. The molecule has 0 bridgehead atoms. The van der Waals surface area contributed by atoms with Gasteiger partial charge in [0, 0.05) is 25.2 Å². The van der Waals surface area contributed by atoms with E-state index in [1.54, 1.807) is 7.11 Å². The third-order valence-corrected chi connectivity index (χ3v) is 5.73. The van der Waals surface area contributed by atoms with E-state index < -0.39 is 0 Å². The summed E-state index contributed by atoms with van der Waals surface area (Å²) >= 11 is 0. The molecular weight excluding hydrogens is 350 g/mol. The van der Waals surface area contributed by atoms with Crippen molar-refractivity contribution >= 4 is 5.91 Å². The van der Waals surface area contributed by atoms with Crippen LogP contribution >= 0.6 is 0 Å². The zero-order valence-electron chi connectivity index (χ0n) is 17.9. The first-order valence-corrected chi connectivity index (χ1v) is 10.4. The molecule has 0 aliphatic carbocycles. The van der Waals surface area contributed by atoms with Crippen molar-refractivity contribution in [1.82, 2.24) is 14.7 Å². The molecule has 1 amide bonds. The van der Waals surface area contributed by atoms with Gasteiger partial charge in [-0.25, -0.2) is 0 Å². The smallest absolute Gasteiger partial charge is 0.223 e. The Labute approximate surface area is 168 Å². The quantitative estimate of drug-likeness (QED) is 0.709. The highest BCUT2D eigenvalue weighted by atomic mass is 16.5. The predicted molar refractivity (Wildman–Crippen MR) is 112 cm³/mol. The Hall–Kier alpha value is -2.30. The zero-order chi connectivity index (χ0) is 20.3. The molecule has 0 saturated carbocycles. The maximum absolute atomic E-state index is 13.0. The van der Waals surface area contributed by atoms with Crippen LogP contribution < -0.4 is 4.74 Å². The molecule has 2 aromatic rings. The summed E-state index contributed by atoms with van der Waals surface area (Å²) < 4.78 is 7.35. The number of carbonyl (C=O) groups excluding carboxylic acids is 1. The van der Waals surface area contributed by atoms with E-state index in [9.17, 15) is 4.79 Å². The topological polar surface area (TPSA) is 47.4 Å². The minimum absolute atomic E-state index is 0.185. The van der Waals surface area contributed by atoms with Crippen molar-refractivity contribution in [3.63, 3.8) is 0 Å². The highest BCUT2D eigenvalue weighted by Gasteiger charge is 2.29. The molecular formula is C23H33N3O2. The van der Waals surface area contributed by atoms with Gasteiger partial charge in [0.2, 0.25) is 5.91 Å². The van der Waals surface area contributed by atoms with Gasteiger partial charge in [0.05, 0.1) is 18.8 Å². The van der Waals surface area contributed by atoms with Crippen molar-refractivity contribution in [3.8, 4) is 5.75 Å². The molecule has 2 heterocycles. The van der Waals surface area contributed by atoms with Gasteiger partial charge in [-0.15, -0.1) is 0 Å². The van der Waals surface area contributed by atoms with Crippen LogP contribution in [0.3, 0.4) is 0 Å². The number of methoxy groups -OCH3 is 1. The molecule has 1 unspecified atom stereocenters. The number of hydrogen-bond donors (Lipinski definition) is 0. The number of carbonyl (C=O) groups is 1. The first kappa shape index (κ1) is 20.4. The number of nitrogens with zero attached hydrogens (tertiary/aromatic N) is 3. The van der Waals surface area contributed by atoms with E-state index in [4.69, 9.17) is 4.74 Å². The Morgan fingerprint density at radius 1 is 1.25 bits per heavy atom. The van der Waals surface area contributed by atoms with E-state index in [1.165, 1.54) is 16.8 Å². The predicted octanol–water partition coefficient (Wildman–Crippen LogP) is 4.46. The van der Waals surface area contributed by atoms with Gasteiger partial charge in [0.15, 0.2) is 0 Å². The number of amides is 1. The lowest BCUT2D eigenvalue weighted by molar-refractivity contribution is -0.132. The SMILES string of the molecule is COc1ccc(C2CCCN2C(=O)CCc2c(C)nn(CC(C)C)c2C)cc1. The Kier molecular flexibility index (Phi) is 6.42. The number of hydrogen-bond acceptors (Lipinski definition) is 3. The fourth-order valence-corrected chi connectivity index (χ4v) is 4.23. The number of ether oxygens (including phenoxy) is 1. The second-order valence-electron chi connectivity index (χ2n) is 8.24. The van der Waals surface area contributed by atoms with E-state index >= 15 is 0 Å². The van der Waals surface area contributed by atoms with Crippen molar-refractivity contribution in [3.05, 3.63) is 46.8 Å². The van der Waals surface area contributed by atoms with E-state index in [-0.39, 0.29) is 11.9 Å². The third kappa shape index (κ3) is 4.40. The normalized spacial score (nSPS) is 16.8. The molecule has 0 radical (unpaired) electrons. The first-order chi connectivity index (χ1) is 13.4. The Morgan fingerprint density at radius 2 is 1.96 bits per heavy atom. The van der Waals surface area contributed by atoms with Crippen LogP contribution in [0.1, 0.15) is 61.7 Å². The lowest BCUT2D eigenvalue weighted by Crippen LogP contribution is -2.30. The minimum atomic E-state index is 0.185. The Morgan fingerprint density at radius 3 is 2.61 bits per heavy atom. The lowest BCUT2D eigenvalue weighted by Gasteiger charge is -2.25. The molecule has 1 aromatic carbocycles. The summed E-state index contributed by atoms with van der Waals surface area (Å²) in [6.07, 6.45) is 3.40. The number of likely N-dealkylation sites (tertiary alicyclic amines) is 1. The second-order valence-corrected chi connectivity index (χ2v) is 8.24. The van der Waals surface area contributed by atoms with Crippen molar-refractivity contribution in [2.75, 3.05) is 13.7 Å². The number of aryl methyl sites for hydroxylation is 1. The third-order valence-electron chi connectivity index (χ3n) is 5.73. The molecule has 28 heavy (non-hydrogen) atoms. The molecule has 152 valence electrons. The summed E-state index contributed by atoms with van der Waals surface area (Å²) in [5, 5.41) is 4.68. The van der Waals surface area contributed by atoms with E-state index in [2.05, 4.69) is 54.5 Å². The molecule has 5 heteroatoms. The summed E-state index contributed by atoms with van der Waals surface area (Å²) in [5.74, 6) is 1.65. The summed E-state index contributed by atoms with van der Waals surface area (Å²) in [6, 6.07) is 8.31. The second kappa shape index (κ2) is 8.80. The molecule has 5 nitrogen and oxygen atoms in total. The van der Waals surface area contributed by atoms with Gasteiger partial charge in [-0.05, 0) is 62.3 Å². The highest BCUT2D eigenvalue weighted by molar-refractivity contribution is 5.77. The summed E-state index contributed by atoms with van der Waals surface area (Å²) in [7, 11) is 1.67. The summed E-state index contributed by atoms with van der Waals surface area (Å²) in [5.41, 5.74) is 4.68.